The predicted octanol–water partition coefficient (Wildman–Crippen LogP) is 3.13. The van der Waals surface area contributed by atoms with E-state index >= 15 is 0 Å². The van der Waals surface area contributed by atoms with E-state index in [-0.39, 0.29) is 0 Å². The molecule has 1 aromatic carbocycles. The molecule has 0 aliphatic rings. The van der Waals surface area contributed by atoms with Crippen LogP contribution in [0, 0.1) is 0 Å². The Kier molecular flexibility index (Phi) is 4.36. The Morgan fingerprint density at radius 1 is 1.24 bits per heavy atom. The lowest BCUT2D eigenvalue weighted by Crippen LogP contribution is -2.01. The summed E-state index contributed by atoms with van der Waals surface area (Å²) in [5.41, 5.74) is 2.98. The van der Waals surface area contributed by atoms with Gasteiger partial charge in [-0.1, -0.05) is 36.9 Å². The van der Waals surface area contributed by atoms with E-state index < -0.39 is 0 Å². The summed E-state index contributed by atoms with van der Waals surface area (Å²) in [7, 11) is 1.70. The fourth-order valence-electron chi connectivity index (χ4n) is 2.42. The summed E-state index contributed by atoms with van der Waals surface area (Å²) >= 11 is 1.57. The van der Waals surface area contributed by atoms with Crippen LogP contribution in [0.3, 0.4) is 0 Å². The smallest absolute Gasteiger partial charge is 0.211 e. The van der Waals surface area contributed by atoms with E-state index in [9.17, 15) is 0 Å². The van der Waals surface area contributed by atoms with Crippen molar-refractivity contribution in [1.82, 2.24) is 19.7 Å². The highest BCUT2D eigenvalue weighted by atomic mass is 32.2. The van der Waals surface area contributed by atoms with Crippen LogP contribution in [-0.2, 0) is 11.3 Å². The van der Waals surface area contributed by atoms with Gasteiger partial charge in [0.1, 0.15) is 5.52 Å². The van der Waals surface area contributed by atoms with E-state index in [1.807, 2.05) is 6.07 Å². The molecule has 6 heteroatoms. The molecule has 0 atom stereocenters. The van der Waals surface area contributed by atoms with Crippen molar-refractivity contribution < 1.29 is 4.74 Å². The van der Waals surface area contributed by atoms with Gasteiger partial charge in [-0.25, -0.2) is 4.98 Å². The van der Waals surface area contributed by atoms with Gasteiger partial charge in [-0.3, -0.25) is 0 Å². The van der Waals surface area contributed by atoms with Crippen molar-refractivity contribution in [3.63, 3.8) is 0 Å². The lowest BCUT2D eigenvalue weighted by Gasteiger charge is -2.04. The third kappa shape index (κ3) is 2.73. The third-order valence-corrected chi connectivity index (χ3v) is 4.12. The molecule has 0 aliphatic heterocycles. The minimum Gasteiger partial charge on any atom is -0.384 e. The second-order valence-electron chi connectivity index (χ2n) is 4.78. The molecule has 2 heterocycles. The Labute approximate surface area is 127 Å². The summed E-state index contributed by atoms with van der Waals surface area (Å²) < 4.78 is 7.30. The molecule has 0 amide bonds. The first-order valence-corrected chi connectivity index (χ1v) is 8.07. The number of nitrogens with zero attached hydrogens (tertiary/aromatic N) is 4. The van der Waals surface area contributed by atoms with Crippen LogP contribution in [-0.4, -0.2) is 39.2 Å². The average Bonchev–Trinajstić information content (AvgIpc) is 2.82. The molecule has 0 unspecified atom stereocenters. The molecule has 21 heavy (non-hydrogen) atoms. The second kappa shape index (κ2) is 6.41. The minimum absolute atomic E-state index is 0.685. The number of aromatic nitrogens is 4. The molecule has 0 bridgehead atoms. The van der Waals surface area contributed by atoms with Crippen LogP contribution in [0.4, 0.5) is 0 Å². The van der Waals surface area contributed by atoms with Crippen LogP contribution in [0.15, 0.2) is 29.4 Å². The largest absolute Gasteiger partial charge is 0.384 e. The van der Waals surface area contributed by atoms with Crippen LogP contribution in [0.25, 0.3) is 22.1 Å². The molecule has 0 saturated carbocycles. The molecule has 3 aromatic rings. The number of fused-ring (bicyclic) bond motifs is 3. The molecule has 0 spiro atoms. The van der Waals surface area contributed by atoms with Crippen molar-refractivity contribution in [3.05, 3.63) is 24.3 Å². The zero-order chi connectivity index (χ0) is 14.7. The lowest BCUT2D eigenvalue weighted by atomic mass is 10.2. The van der Waals surface area contributed by atoms with Gasteiger partial charge >= 0.3 is 0 Å². The standard InChI is InChI=1S/C15H18N4OS/c1-3-8-19-12-7-5-4-6-11(12)13-14(19)16-15(18-17-13)21-10-9-20-2/h4-7H,3,8-10H2,1-2H3. The Morgan fingerprint density at radius 2 is 2.10 bits per heavy atom. The zero-order valence-electron chi connectivity index (χ0n) is 12.2. The van der Waals surface area contributed by atoms with E-state index in [4.69, 9.17) is 9.72 Å². The van der Waals surface area contributed by atoms with E-state index in [1.165, 1.54) is 5.52 Å². The summed E-state index contributed by atoms with van der Waals surface area (Å²) in [4.78, 5) is 4.70. The van der Waals surface area contributed by atoms with Gasteiger partial charge in [-0.05, 0) is 12.5 Å². The molecule has 0 aliphatic carbocycles. The fraction of sp³-hybridized carbons (Fsp3) is 0.400. The number of para-hydroxylation sites is 1. The lowest BCUT2D eigenvalue weighted by molar-refractivity contribution is 0.218. The summed E-state index contributed by atoms with van der Waals surface area (Å²) in [5, 5.41) is 10.5. The van der Waals surface area contributed by atoms with Crippen molar-refractivity contribution in [2.24, 2.45) is 0 Å². The number of thioether (sulfide) groups is 1. The molecule has 0 radical (unpaired) electrons. The highest BCUT2D eigenvalue weighted by Gasteiger charge is 2.13. The first-order valence-electron chi connectivity index (χ1n) is 7.08. The van der Waals surface area contributed by atoms with E-state index in [0.717, 1.165) is 35.3 Å². The number of ether oxygens (including phenoxy) is 1. The second-order valence-corrected chi connectivity index (χ2v) is 5.84. The van der Waals surface area contributed by atoms with Crippen molar-refractivity contribution >= 4 is 33.8 Å². The van der Waals surface area contributed by atoms with E-state index in [1.54, 1.807) is 18.9 Å². The fourth-order valence-corrected chi connectivity index (χ4v) is 3.10. The van der Waals surface area contributed by atoms with Gasteiger partial charge in [0.15, 0.2) is 5.65 Å². The van der Waals surface area contributed by atoms with Gasteiger partial charge in [0, 0.05) is 24.8 Å². The number of hydrogen-bond acceptors (Lipinski definition) is 5. The third-order valence-electron chi connectivity index (χ3n) is 3.32. The number of rotatable bonds is 6. The summed E-state index contributed by atoms with van der Waals surface area (Å²) in [5.74, 6) is 0.831. The Hall–Kier alpha value is -1.66. The van der Waals surface area contributed by atoms with Gasteiger partial charge in [0.25, 0.3) is 0 Å². The zero-order valence-corrected chi connectivity index (χ0v) is 13.1. The number of methoxy groups -OCH3 is 1. The van der Waals surface area contributed by atoms with Crippen molar-refractivity contribution in [1.29, 1.82) is 0 Å². The van der Waals surface area contributed by atoms with Crippen LogP contribution in [0.5, 0.6) is 0 Å². The number of benzene rings is 1. The molecule has 5 nitrogen and oxygen atoms in total. The molecular formula is C15H18N4OS. The van der Waals surface area contributed by atoms with Crippen LogP contribution in [0.1, 0.15) is 13.3 Å². The number of hydrogen-bond donors (Lipinski definition) is 0. The minimum atomic E-state index is 0.685. The Morgan fingerprint density at radius 3 is 2.90 bits per heavy atom. The molecule has 0 N–H and O–H groups in total. The first kappa shape index (κ1) is 14.3. The van der Waals surface area contributed by atoms with E-state index in [0.29, 0.717) is 11.8 Å². The van der Waals surface area contributed by atoms with Gasteiger partial charge in [-0.15, -0.1) is 10.2 Å². The monoisotopic (exact) mass is 302 g/mol. The normalized spacial score (nSPS) is 11.5. The predicted molar refractivity (Wildman–Crippen MR) is 85.7 cm³/mol. The number of aryl methyl sites for hydroxylation is 1. The molecule has 0 saturated heterocycles. The van der Waals surface area contributed by atoms with Gasteiger partial charge in [-0.2, -0.15) is 0 Å². The maximum absolute atomic E-state index is 5.06. The summed E-state index contributed by atoms with van der Waals surface area (Å²) in [6, 6.07) is 8.28. The average molecular weight is 302 g/mol. The Bertz CT molecular complexity index is 756. The van der Waals surface area contributed by atoms with Crippen LogP contribution in [0.2, 0.25) is 0 Å². The molecular weight excluding hydrogens is 284 g/mol. The molecule has 3 rings (SSSR count). The highest BCUT2D eigenvalue weighted by Crippen LogP contribution is 2.27. The van der Waals surface area contributed by atoms with Gasteiger partial charge < -0.3 is 9.30 Å². The molecule has 2 aromatic heterocycles. The summed E-state index contributed by atoms with van der Waals surface area (Å²) in [6.45, 7) is 3.79. The van der Waals surface area contributed by atoms with Crippen LogP contribution >= 0.6 is 11.8 Å². The van der Waals surface area contributed by atoms with E-state index in [2.05, 4.69) is 39.9 Å². The summed E-state index contributed by atoms with van der Waals surface area (Å²) in [6.07, 6.45) is 1.06. The van der Waals surface area contributed by atoms with Gasteiger partial charge in [0.2, 0.25) is 5.16 Å². The first-order chi connectivity index (χ1) is 10.3. The maximum atomic E-state index is 5.06. The Balaban J connectivity index is 2.10. The molecule has 110 valence electrons. The topological polar surface area (TPSA) is 52.8 Å². The molecule has 0 fully saturated rings. The SMILES string of the molecule is CCCn1c2ccccc2c2nnc(SCCOC)nc21. The van der Waals surface area contributed by atoms with Crippen molar-refractivity contribution in [3.8, 4) is 0 Å². The van der Waals surface area contributed by atoms with Crippen LogP contribution < -0.4 is 0 Å². The van der Waals surface area contributed by atoms with Crippen molar-refractivity contribution in [2.45, 2.75) is 25.0 Å². The maximum Gasteiger partial charge on any atom is 0.211 e. The quantitative estimate of drug-likeness (QED) is 0.517. The highest BCUT2D eigenvalue weighted by molar-refractivity contribution is 7.99. The van der Waals surface area contributed by atoms with Gasteiger partial charge in [0.05, 0.1) is 12.1 Å². The van der Waals surface area contributed by atoms with Crippen molar-refractivity contribution in [2.75, 3.05) is 19.5 Å².